The molecule has 0 radical (unpaired) electrons. The van der Waals surface area contributed by atoms with Gasteiger partial charge in [-0.1, -0.05) is 0 Å². The van der Waals surface area contributed by atoms with Crippen molar-refractivity contribution >= 4 is 26.4 Å². The third-order valence-electron chi connectivity index (χ3n) is 0. The normalized spacial score (nSPS) is 11.6. The molecule has 0 aliphatic carbocycles. The summed E-state index contributed by atoms with van der Waals surface area (Å²) in [5.74, 6) is 0. The number of hydrogen-bond donors (Lipinski definition) is 1. The van der Waals surface area contributed by atoms with Crippen molar-refractivity contribution < 1.29 is 9.68 Å². The van der Waals surface area contributed by atoms with Crippen LogP contribution in [0.1, 0.15) is 0 Å². The average Bonchev–Trinajstić information content (AvgIpc) is 0.722. The van der Waals surface area contributed by atoms with Crippen molar-refractivity contribution in [2.45, 2.75) is 0 Å². The average molecular weight is 212 g/mol. The first kappa shape index (κ1) is 5.64. The molecule has 0 aromatic heterocycles. The molecule has 0 aliphatic heterocycles. The van der Waals surface area contributed by atoms with Crippen molar-refractivity contribution in [3.05, 3.63) is 0 Å². The van der Waals surface area contributed by atoms with Gasteiger partial charge in [0.2, 0.25) is 0 Å². The van der Waals surface area contributed by atoms with E-state index in [1.807, 2.05) is 0 Å². The van der Waals surface area contributed by atoms with Crippen LogP contribution in [0.2, 0.25) is 0 Å². The first-order valence-corrected chi connectivity index (χ1v) is 6.57. The summed E-state index contributed by atoms with van der Waals surface area (Å²) in [6.45, 7) is 0. The van der Waals surface area contributed by atoms with Crippen LogP contribution in [0.3, 0.4) is 0 Å². The Labute approximate surface area is 36.4 Å². The van der Waals surface area contributed by atoms with Gasteiger partial charge in [-0.2, -0.15) is 0 Å². The molecule has 0 spiro atoms. The van der Waals surface area contributed by atoms with Crippen LogP contribution in [0.5, 0.6) is 0 Å². The summed E-state index contributed by atoms with van der Waals surface area (Å²) in [6, 6.07) is 0. The van der Waals surface area contributed by atoms with E-state index in [1.54, 1.807) is 0 Å². The van der Waals surface area contributed by atoms with Crippen LogP contribution in [-0.2, 0) is 6.21 Å². The summed E-state index contributed by atoms with van der Waals surface area (Å²) in [7, 11) is 4.16. The van der Waals surface area contributed by atoms with Crippen molar-refractivity contribution in [1.29, 1.82) is 0 Å². The predicted molar refractivity (Wildman–Crippen MR) is 15.2 cm³/mol. The molecule has 3 nitrogen and oxygen atoms in total. The molecule has 5 heavy (non-hydrogen) atoms. The molecule has 0 fully saturated rings. The van der Waals surface area contributed by atoms with Gasteiger partial charge in [0.05, 0.1) is 0 Å². The molecule has 32 valence electrons. The molecule has 5 heteroatoms. The van der Waals surface area contributed by atoms with Gasteiger partial charge in [0.25, 0.3) is 0 Å². The van der Waals surface area contributed by atoms with Crippen LogP contribution in [0, 0.1) is 0 Å². The van der Waals surface area contributed by atoms with Crippen molar-refractivity contribution in [2.24, 2.45) is 0 Å². The number of hydrogen-bond acceptors (Lipinski definition) is 2. The monoisotopic (exact) mass is 214 g/mol. The van der Waals surface area contributed by atoms with E-state index in [2.05, 4.69) is 8.96 Å². The van der Waals surface area contributed by atoms with Crippen LogP contribution >= 0.6 is 8.96 Å². The van der Waals surface area contributed by atoms with Gasteiger partial charge < -0.3 is 0 Å². The molecule has 0 atom stereocenters. The summed E-state index contributed by atoms with van der Waals surface area (Å²) in [5.41, 5.74) is 0. The second-order valence-corrected chi connectivity index (χ2v) is 5.38. The Kier molecular flexibility index (Phi) is 1.57. The van der Waals surface area contributed by atoms with E-state index >= 15 is 0 Å². The quantitative estimate of drug-likeness (QED) is 0.551. The van der Waals surface area contributed by atoms with Crippen molar-refractivity contribution in [3.63, 3.8) is 0 Å². The Hall–Kier alpha value is 0.640. The summed E-state index contributed by atoms with van der Waals surface area (Å²) in [5, 5.41) is 0. The SMILES string of the molecule is O=[Te](=O)(O)Cl. The Morgan fingerprint density at radius 1 is 1.60 bits per heavy atom. The maximum atomic E-state index is 9.06. The van der Waals surface area contributed by atoms with Gasteiger partial charge in [0.1, 0.15) is 0 Å². The van der Waals surface area contributed by atoms with E-state index in [0.717, 1.165) is 0 Å². The van der Waals surface area contributed by atoms with Crippen molar-refractivity contribution in [2.75, 3.05) is 0 Å². The molecule has 0 unspecified atom stereocenters. The summed E-state index contributed by atoms with van der Waals surface area (Å²) in [6.07, 6.45) is 0. The Morgan fingerprint density at radius 2 is 1.60 bits per heavy atom. The third-order valence-corrected chi connectivity index (χ3v) is 0. The van der Waals surface area contributed by atoms with Crippen molar-refractivity contribution in [1.82, 2.24) is 0 Å². The Bertz CT molecular complexity index is 90.1. The van der Waals surface area contributed by atoms with Crippen LogP contribution in [0.4, 0.5) is 0 Å². The van der Waals surface area contributed by atoms with E-state index in [9.17, 15) is 0 Å². The second kappa shape index (κ2) is 1.39. The molecule has 0 heterocycles. The molecule has 0 aromatic carbocycles. The third kappa shape index (κ3) is 79.0. The van der Waals surface area contributed by atoms with Gasteiger partial charge in [-0.15, -0.1) is 0 Å². The topological polar surface area (TPSA) is 54.4 Å². The first-order chi connectivity index (χ1) is 2.00. The fourth-order valence-electron chi connectivity index (χ4n) is 0. The van der Waals surface area contributed by atoms with Gasteiger partial charge in [0, 0.05) is 0 Å². The van der Waals surface area contributed by atoms with Gasteiger partial charge in [-0.3, -0.25) is 0 Å². The minimum atomic E-state index is -5.05. The van der Waals surface area contributed by atoms with E-state index < -0.39 is 17.4 Å². The molecule has 0 aliphatic rings. The van der Waals surface area contributed by atoms with Crippen LogP contribution in [0.25, 0.3) is 0 Å². The van der Waals surface area contributed by atoms with E-state index in [-0.39, 0.29) is 0 Å². The van der Waals surface area contributed by atoms with E-state index in [4.69, 9.17) is 9.68 Å². The summed E-state index contributed by atoms with van der Waals surface area (Å²) < 4.78 is 25.5. The molecule has 0 rings (SSSR count). The van der Waals surface area contributed by atoms with Crippen LogP contribution in [-0.4, -0.2) is 20.9 Å². The standard InChI is InChI=1S/ClHO3Te/c1-5(2,3)4/h(H,2,3,4). The summed E-state index contributed by atoms with van der Waals surface area (Å²) in [4.78, 5) is 0. The molecule has 0 saturated carbocycles. The molecule has 0 bridgehead atoms. The Morgan fingerprint density at radius 3 is 1.60 bits per heavy atom. The maximum absolute atomic E-state index is 9.06. The van der Waals surface area contributed by atoms with Gasteiger partial charge in [-0.05, 0) is 0 Å². The zero-order valence-electron chi connectivity index (χ0n) is 2.05. The van der Waals surface area contributed by atoms with E-state index in [1.165, 1.54) is 0 Å². The molecule has 0 aromatic rings. The van der Waals surface area contributed by atoms with Gasteiger partial charge >= 0.3 is 36.1 Å². The Balaban J connectivity index is 4.06. The fourth-order valence-corrected chi connectivity index (χ4v) is 0. The molecular weight excluding hydrogens is 211 g/mol. The zero-order chi connectivity index (χ0) is 4.50. The molecule has 1 N–H and O–H groups in total. The van der Waals surface area contributed by atoms with E-state index in [0.29, 0.717) is 0 Å². The molecule has 0 amide bonds. The predicted octanol–water partition coefficient (Wildman–Crippen LogP) is -0.486. The molecule has 0 saturated heterocycles. The molecular formula is HClO3Te. The first-order valence-electron chi connectivity index (χ1n) is 0.670. The van der Waals surface area contributed by atoms with Crippen molar-refractivity contribution in [3.8, 4) is 0 Å². The van der Waals surface area contributed by atoms with Gasteiger partial charge in [-0.25, -0.2) is 0 Å². The zero-order valence-corrected chi connectivity index (χ0v) is 5.14. The van der Waals surface area contributed by atoms with Crippen LogP contribution < -0.4 is 0 Å². The van der Waals surface area contributed by atoms with Crippen LogP contribution in [0.15, 0.2) is 0 Å². The summed E-state index contributed by atoms with van der Waals surface area (Å²) >= 11 is -5.05. The van der Waals surface area contributed by atoms with Gasteiger partial charge in [0.15, 0.2) is 0 Å². The number of rotatable bonds is 0. The second-order valence-electron chi connectivity index (χ2n) is 0.412. The fraction of sp³-hybridized carbons (Fsp3) is 0. The number of halogens is 1. The minimum absolute atomic E-state index is 4.16.